The van der Waals surface area contributed by atoms with Crippen LogP contribution >= 0.6 is 11.8 Å². The van der Waals surface area contributed by atoms with Gasteiger partial charge in [-0.25, -0.2) is 0 Å². The Hall–Kier alpha value is -2.10. The van der Waals surface area contributed by atoms with Crippen molar-refractivity contribution in [1.29, 1.82) is 0 Å². The Morgan fingerprint density at radius 3 is 2.66 bits per heavy atom. The molecule has 1 heterocycles. The number of nitrogens with one attached hydrogen (secondary N) is 1. The quantitative estimate of drug-likeness (QED) is 0.568. The molecule has 1 fully saturated rings. The van der Waals surface area contributed by atoms with Crippen LogP contribution in [0, 0.1) is 0 Å². The molecule has 9 heteroatoms. The van der Waals surface area contributed by atoms with Gasteiger partial charge in [-0.1, -0.05) is 6.07 Å². The van der Waals surface area contributed by atoms with Crippen LogP contribution < -0.4 is 5.32 Å². The van der Waals surface area contributed by atoms with Crippen LogP contribution in [0.4, 0.5) is 5.69 Å². The van der Waals surface area contributed by atoms with Crippen LogP contribution in [0.3, 0.4) is 0 Å². The zero-order chi connectivity index (χ0) is 21.1. The number of nitrogens with zero attached hydrogens (tertiary/aromatic N) is 2. The SMILES string of the molecule is CCOC(=O)CN(CCOC)CC(=O)Nc1cccc(C(=O)N2CCSCC2)c1. The van der Waals surface area contributed by atoms with Crippen LogP contribution in [-0.2, 0) is 19.1 Å². The molecule has 0 unspecified atom stereocenters. The van der Waals surface area contributed by atoms with Crippen LogP contribution in [0.5, 0.6) is 0 Å². The van der Waals surface area contributed by atoms with E-state index in [9.17, 15) is 14.4 Å². The number of hydrogen-bond acceptors (Lipinski definition) is 7. The molecule has 0 aliphatic carbocycles. The first-order valence-electron chi connectivity index (χ1n) is 9.67. The Labute approximate surface area is 175 Å². The van der Waals surface area contributed by atoms with Crippen LogP contribution in [0.1, 0.15) is 17.3 Å². The largest absolute Gasteiger partial charge is 0.465 e. The second-order valence-corrected chi connectivity index (χ2v) is 7.77. The lowest BCUT2D eigenvalue weighted by atomic mass is 10.1. The van der Waals surface area contributed by atoms with E-state index >= 15 is 0 Å². The fraction of sp³-hybridized carbons (Fsp3) is 0.550. The summed E-state index contributed by atoms with van der Waals surface area (Å²) in [5.41, 5.74) is 1.10. The molecule has 160 valence electrons. The summed E-state index contributed by atoms with van der Waals surface area (Å²) < 4.78 is 10.00. The van der Waals surface area contributed by atoms with Gasteiger partial charge in [0.1, 0.15) is 0 Å². The molecule has 0 radical (unpaired) electrons. The summed E-state index contributed by atoms with van der Waals surface area (Å²) >= 11 is 1.84. The van der Waals surface area contributed by atoms with Gasteiger partial charge in [0.25, 0.3) is 5.91 Å². The zero-order valence-corrected chi connectivity index (χ0v) is 17.8. The van der Waals surface area contributed by atoms with Gasteiger partial charge in [0, 0.05) is 49.5 Å². The number of methoxy groups -OCH3 is 1. The van der Waals surface area contributed by atoms with Crippen molar-refractivity contribution in [2.45, 2.75) is 6.92 Å². The molecule has 0 saturated carbocycles. The summed E-state index contributed by atoms with van der Waals surface area (Å²) in [5.74, 6) is 1.21. The molecule has 1 aromatic carbocycles. The van der Waals surface area contributed by atoms with Crippen molar-refractivity contribution in [1.82, 2.24) is 9.80 Å². The molecule has 1 saturated heterocycles. The number of hydrogen-bond donors (Lipinski definition) is 1. The van der Waals surface area contributed by atoms with Gasteiger partial charge < -0.3 is 19.7 Å². The summed E-state index contributed by atoms with van der Waals surface area (Å²) in [6.07, 6.45) is 0. The number of carbonyl (C=O) groups is 3. The van der Waals surface area contributed by atoms with Crippen molar-refractivity contribution < 1.29 is 23.9 Å². The minimum absolute atomic E-state index is 0.0100. The number of ether oxygens (including phenoxy) is 2. The molecule has 0 spiro atoms. The van der Waals surface area contributed by atoms with E-state index in [1.54, 1.807) is 43.2 Å². The van der Waals surface area contributed by atoms with E-state index < -0.39 is 0 Å². The zero-order valence-electron chi connectivity index (χ0n) is 17.0. The molecule has 0 bridgehead atoms. The molecule has 1 aliphatic rings. The van der Waals surface area contributed by atoms with Crippen molar-refractivity contribution in [2.24, 2.45) is 0 Å². The number of rotatable bonds is 10. The Morgan fingerprint density at radius 1 is 1.21 bits per heavy atom. The van der Waals surface area contributed by atoms with Crippen molar-refractivity contribution in [2.75, 3.05) is 69.9 Å². The molecule has 2 amide bonds. The van der Waals surface area contributed by atoms with Crippen LogP contribution in [-0.4, -0.2) is 92.1 Å². The van der Waals surface area contributed by atoms with Crippen LogP contribution in [0.2, 0.25) is 0 Å². The lowest BCUT2D eigenvalue weighted by Gasteiger charge is -2.26. The summed E-state index contributed by atoms with van der Waals surface area (Å²) in [4.78, 5) is 40.4. The van der Waals surface area contributed by atoms with E-state index in [1.165, 1.54) is 0 Å². The van der Waals surface area contributed by atoms with Gasteiger partial charge in [0.15, 0.2) is 0 Å². The van der Waals surface area contributed by atoms with Gasteiger partial charge in [0.2, 0.25) is 5.91 Å². The third kappa shape index (κ3) is 8.04. The second kappa shape index (κ2) is 12.5. The molecular weight excluding hydrogens is 394 g/mol. The molecule has 0 aromatic heterocycles. The number of benzene rings is 1. The highest BCUT2D eigenvalue weighted by atomic mass is 32.2. The average molecular weight is 424 g/mol. The Kier molecular flexibility index (Phi) is 9.96. The third-order valence-electron chi connectivity index (χ3n) is 4.33. The monoisotopic (exact) mass is 423 g/mol. The first kappa shape index (κ1) is 23.2. The number of thioether (sulfide) groups is 1. The Balaban J connectivity index is 1.95. The highest BCUT2D eigenvalue weighted by molar-refractivity contribution is 7.99. The minimum Gasteiger partial charge on any atom is -0.465 e. The van der Waals surface area contributed by atoms with Crippen LogP contribution in [0.15, 0.2) is 24.3 Å². The summed E-state index contributed by atoms with van der Waals surface area (Å²) in [5, 5.41) is 2.80. The Morgan fingerprint density at radius 2 is 1.97 bits per heavy atom. The molecule has 2 rings (SSSR count). The molecule has 0 atom stereocenters. The van der Waals surface area contributed by atoms with Gasteiger partial charge in [0.05, 0.1) is 26.3 Å². The maximum absolute atomic E-state index is 12.6. The predicted molar refractivity (Wildman–Crippen MR) is 113 cm³/mol. The van der Waals surface area contributed by atoms with Crippen molar-refractivity contribution in [3.8, 4) is 0 Å². The van der Waals surface area contributed by atoms with Gasteiger partial charge in [-0.15, -0.1) is 0 Å². The van der Waals surface area contributed by atoms with E-state index in [2.05, 4.69) is 5.32 Å². The van der Waals surface area contributed by atoms with Crippen molar-refractivity contribution in [3.63, 3.8) is 0 Å². The molecule has 29 heavy (non-hydrogen) atoms. The van der Waals surface area contributed by atoms with Gasteiger partial charge in [-0.2, -0.15) is 11.8 Å². The van der Waals surface area contributed by atoms with Gasteiger partial charge in [-0.05, 0) is 25.1 Å². The highest BCUT2D eigenvalue weighted by Gasteiger charge is 2.19. The van der Waals surface area contributed by atoms with Crippen molar-refractivity contribution in [3.05, 3.63) is 29.8 Å². The number of anilines is 1. The number of carbonyl (C=O) groups excluding carboxylic acids is 3. The Bertz CT molecular complexity index is 694. The summed E-state index contributed by atoms with van der Waals surface area (Å²) in [7, 11) is 1.56. The summed E-state index contributed by atoms with van der Waals surface area (Å²) in [6, 6.07) is 6.94. The van der Waals surface area contributed by atoms with E-state index in [4.69, 9.17) is 9.47 Å². The fourth-order valence-corrected chi connectivity index (χ4v) is 3.81. The number of amides is 2. The van der Waals surface area contributed by atoms with Gasteiger partial charge >= 0.3 is 5.97 Å². The average Bonchev–Trinajstić information content (AvgIpc) is 2.72. The minimum atomic E-state index is -0.385. The first-order valence-corrected chi connectivity index (χ1v) is 10.8. The fourth-order valence-electron chi connectivity index (χ4n) is 2.91. The lowest BCUT2D eigenvalue weighted by Crippen LogP contribution is -2.39. The van der Waals surface area contributed by atoms with E-state index in [0.29, 0.717) is 31.0 Å². The first-order chi connectivity index (χ1) is 14.0. The second-order valence-electron chi connectivity index (χ2n) is 6.54. The van der Waals surface area contributed by atoms with Crippen molar-refractivity contribution >= 4 is 35.2 Å². The number of esters is 1. The molecule has 1 aromatic rings. The molecular formula is C20H29N3O5S. The lowest BCUT2D eigenvalue weighted by molar-refractivity contribution is -0.144. The topological polar surface area (TPSA) is 88.2 Å². The van der Waals surface area contributed by atoms with E-state index in [1.807, 2.05) is 16.7 Å². The molecule has 1 aliphatic heterocycles. The van der Waals surface area contributed by atoms with Gasteiger partial charge in [-0.3, -0.25) is 19.3 Å². The molecule has 1 N–H and O–H groups in total. The maximum Gasteiger partial charge on any atom is 0.320 e. The predicted octanol–water partition coefficient (Wildman–Crippen LogP) is 1.33. The standard InChI is InChI=1S/C20H29N3O5S/c1-3-28-19(25)15-22(7-10-27-2)14-18(24)21-17-6-4-5-16(13-17)20(26)23-8-11-29-12-9-23/h4-6,13H,3,7-12,14-15H2,1-2H3,(H,21,24). The molecule has 8 nitrogen and oxygen atoms in total. The van der Waals surface area contributed by atoms with E-state index in [-0.39, 0.29) is 30.9 Å². The summed E-state index contributed by atoms with van der Waals surface area (Å²) in [6.45, 7) is 4.35. The maximum atomic E-state index is 12.6. The highest BCUT2D eigenvalue weighted by Crippen LogP contribution is 2.16. The normalized spacial score (nSPS) is 14.0. The third-order valence-corrected chi connectivity index (χ3v) is 5.27. The van der Waals surface area contributed by atoms with Crippen LogP contribution in [0.25, 0.3) is 0 Å². The van der Waals surface area contributed by atoms with E-state index in [0.717, 1.165) is 24.6 Å². The smallest absolute Gasteiger partial charge is 0.320 e.